The van der Waals surface area contributed by atoms with E-state index < -0.39 is 18.4 Å². The topological polar surface area (TPSA) is 43.4 Å². The number of rotatable bonds is 8. The monoisotopic (exact) mass is 252 g/mol. The van der Waals surface area contributed by atoms with Crippen LogP contribution in [-0.4, -0.2) is 22.5 Å². The Bertz CT molecular complexity index is 250. The van der Waals surface area contributed by atoms with Gasteiger partial charge >= 0.3 is 0 Å². The Labute approximate surface area is 95.5 Å². The Hall–Kier alpha value is 0.127. The average Bonchev–Trinajstić information content (AvgIpc) is 2.23. The summed E-state index contributed by atoms with van der Waals surface area (Å²) in [6.45, 7) is 8.09. The molecule has 0 saturated carbocycles. The molecule has 0 fully saturated rings. The molecule has 0 aromatic carbocycles. The van der Waals surface area contributed by atoms with Gasteiger partial charge in [0.1, 0.15) is 0 Å². The fraction of sp³-hybridized carbons (Fsp3) is 1.00. The van der Waals surface area contributed by atoms with Crippen LogP contribution in [0.15, 0.2) is 0 Å². The van der Waals surface area contributed by atoms with E-state index in [9.17, 15) is 8.42 Å². The van der Waals surface area contributed by atoms with Crippen LogP contribution in [0.25, 0.3) is 0 Å². The standard InChI is InChI=1S/C10H24O3SSi/c1-5-9-10-14(11,12)13-15(6-2,7-3)8-4/h5-10H2,1-4H3. The Morgan fingerprint density at radius 3 is 1.80 bits per heavy atom. The highest BCUT2D eigenvalue weighted by Crippen LogP contribution is 2.24. The van der Waals surface area contributed by atoms with Crippen LogP contribution < -0.4 is 0 Å². The zero-order valence-corrected chi connectivity index (χ0v) is 12.2. The van der Waals surface area contributed by atoms with E-state index in [1.54, 1.807) is 0 Å². The summed E-state index contributed by atoms with van der Waals surface area (Å²) in [5.74, 6) is 0.179. The van der Waals surface area contributed by atoms with Crippen LogP contribution in [0.2, 0.25) is 18.1 Å². The Balaban J connectivity index is 4.52. The van der Waals surface area contributed by atoms with Gasteiger partial charge in [-0.15, -0.1) is 0 Å². The van der Waals surface area contributed by atoms with E-state index in [-0.39, 0.29) is 5.75 Å². The van der Waals surface area contributed by atoms with E-state index in [4.69, 9.17) is 3.87 Å². The summed E-state index contributed by atoms with van der Waals surface area (Å²) in [6.07, 6.45) is 1.59. The van der Waals surface area contributed by atoms with Gasteiger partial charge in [-0.25, -0.2) is 8.42 Å². The van der Waals surface area contributed by atoms with Crippen LogP contribution in [0.1, 0.15) is 40.5 Å². The number of unbranched alkanes of at least 4 members (excludes halogenated alkanes) is 1. The molecule has 0 aromatic heterocycles. The summed E-state index contributed by atoms with van der Waals surface area (Å²) < 4.78 is 28.9. The molecule has 0 rings (SSSR count). The average molecular weight is 252 g/mol. The second-order valence-corrected chi connectivity index (χ2v) is 10.6. The highest BCUT2D eigenvalue weighted by atomic mass is 32.2. The second-order valence-electron chi connectivity index (χ2n) is 3.94. The van der Waals surface area contributed by atoms with Gasteiger partial charge in [-0.3, -0.25) is 0 Å². The van der Waals surface area contributed by atoms with Crippen LogP contribution in [0.5, 0.6) is 0 Å². The molecule has 0 heterocycles. The maximum absolute atomic E-state index is 11.7. The predicted octanol–water partition coefficient (Wildman–Crippen LogP) is 3.14. The van der Waals surface area contributed by atoms with Gasteiger partial charge in [0.2, 0.25) is 8.32 Å². The van der Waals surface area contributed by atoms with Crippen molar-refractivity contribution in [2.75, 3.05) is 5.75 Å². The highest BCUT2D eigenvalue weighted by Gasteiger charge is 2.34. The quantitative estimate of drug-likeness (QED) is 0.623. The van der Waals surface area contributed by atoms with Crippen molar-refractivity contribution in [3.63, 3.8) is 0 Å². The first-order valence-corrected chi connectivity index (χ1v) is 9.99. The SMILES string of the molecule is CCCCS(=O)(=O)O[Si](CC)(CC)CC. The maximum atomic E-state index is 11.7. The summed E-state index contributed by atoms with van der Waals surface area (Å²) >= 11 is 0. The molecule has 5 heteroatoms. The van der Waals surface area contributed by atoms with E-state index in [0.717, 1.165) is 24.6 Å². The van der Waals surface area contributed by atoms with Gasteiger partial charge in [-0.1, -0.05) is 34.1 Å². The molecule has 0 spiro atoms. The Morgan fingerprint density at radius 1 is 1.00 bits per heavy atom. The molecule has 0 unspecified atom stereocenters. The molecule has 0 radical (unpaired) electrons. The van der Waals surface area contributed by atoms with Gasteiger partial charge in [-0.2, -0.15) is 0 Å². The molecule has 15 heavy (non-hydrogen) atoms. The summed E-state index contributed by atoms with van der Waals surface area (Å²) in [6, 6.07) is 2.64. The fourth-order valence-electron chi connectivity index (χ4n) is 1.56. The number of hydrogen-bond acceptors (Lipinski definition) is 3. The van der Waals surface area contributed by atoms with Gasteiger partial charge < -0.3 is 3.87 Å². The van der Waals surface area contributed by atoms with Crippen molar-refractivity contribution in [2.45, 2.75) is 58.7 Å². The molecule has 0 saturated heterocycles. The fourth-order valence-corrected chi connectivity index (χ4v) is 7.60. The highest BCUT2D eigenvalue weighted by molar-refractivity contribution is 7.87. The van der Waals surface area contributed by atoms with Gasteiger partial charge in [0.25, 0.3) is 10.1 Å². The molecule has 0 aliphatic rings. The van der Waals surface area contributed by atoms with E-state index in [1.165, 1.54) is 0 Å². The number of hydrogen-bond donors (Lipinski definition) is 0. The zero-order chi connectivity index (χ0) is 11.9. The third-order valence-electron chi connectivity index (χ3n) is 2.98. The Kier molecular flexibility index (Phi) is 6.71. The first-order valence-electron chi connectivity index (χ1n) is 5.88. The second kappa shape index (κ2) is 6.65. The molecule has 92 valence electrons. The predicted molar refractivity (Wildman–Crippen MR) is 67.0 cm³/mol. The zero-order valence-electron chi connectivity index (χ0n) is 10.4. The lowest BCUT2D eigenvalue weighted by Gasteiger charge is -2.26. The van der Waals surface area contributed by atoms with E-state index in [1.807, 2.05) is 27.7 Å². The minimum atomic E-state index is -3.28. The van der Waals surface area contributed by atoms with Crippen LogP contribution in [-0.2, 0) is 14.0 Å². The Morgan fingerprint density at radius 2 is 1.47 bits per heavy atom. The first-order chi connectivity index (χ1) is 6.95. The lowest BCUT2D eigenvalue weighted by atomic mass is 10.4. The molecule has 0 N–H and O–H groups in total. The lowest BCUT2D eigenvalue weighted by Crippen LogP contribution is -2.38. The summed E-state index contributed by atoms with van der Waals surface area (Å²) in [4.78, 5) is 0. The van der Waals surface area contributed by atoms with Crippen molar-refractivity contribution in [1.82, 2.24) is 0 Å². The normalized spacial score (nSPS) is 13.1. The van der Waals surface area contributed by atoms with Gasteiger partial charge in [0.15, 0.2) is 0 Å². The van der Waals surface area contributed by atoms with Crippen molar-refractivity contribution in [3.8, 4) is 0 Å². The molecule has 0 aliphatic carbocycles. The van der Waals surface area contributed by atoms with Gasteiger partial charge in [-0.05, 0) is 24.6 Å². The van der Waals surface area contributed by atoms with Crippen LogP contribution in [0.3, 0.4) is 0 Å². The van der Waals surface area contributed by atoms with Crippen molar-refractivity contribution in [1.29, 1.82) is 0 Å². The summed E-state index contributed by atoms with van der Waals surface area (Å²) in [7, 11) is -5.27. The third-order valence-corrected chi connectivity index (χ3v) is 10.1. The summed E-state index contributed by atoms with van der Waals surface area (Å²) in [5, 5.41) is 0. The molecule has 0 bridgehead atoms. The van der Waals surface area contributed by atoms with Crippen LogP contribution in [0, 0.1) is 0 Å². The molecule has 0 amide bonds. The first kappa shape index (κ1) is 15.1. The minimum absolute atomic E-state index is 0.179. The largest absolute Gasteiger partial charge is 0.315 e. The smallest absolute Gasteiger partial charge is 0.257 e. The van der Waals surface area contributed by atoms with E-state index in [2.05, 4.69) is 0 Å². The van der Waals surface area contributed by atoms with Crippen molar-refractivity contribution in [2.24, 2.45) is 0 Å². The molecular formula is C10H24O3SSi. The molecule has 0 aliphatic heterocycles. The van der Waals surface area contributed by atoms with E-state index in [0.29, 0.717) is 6.42 Å². The van der Waals surface area contributed by atoms with E-state index >= 15 is 0 Å². The third kappa shape index (κ3) is 5.13. The van der Waals surface area contributed by atoms with Gasteiger partial charge in [0, 0.05) is 0 Å². The summed E-state index contributed by atoms with van der Waals surface area (Å²) in [5.41, 5.74) is 0. The van der Waals surface area contributed by atoms with Crippen molar-refractivity contribution >= 4 is 18.4 Å². The maximum Gasteiger partial charge on any atom is 0.257 e. The minimum Gasteiger partial charge on any atom is -0.315 e. The van der Waals surface area contributed by atoms with Gasteiger partial charge in [0.05, 0.1) is 5.75 Å². The van der Waals surface area contributed by atoms with Crippen LogP contribution >= 0.6 is 0 Å². The molecule has 0 aromatic rings. The molecule has 0 atom stereocenters. The molecule has 3 nitrogen and oxygen atoms in total. The molecular weight excluding hydrogens is 228 g/mol. The van der Waals surface area contributed by atoms with Crippen LogP contribution in [0.4, 0.5) is 0 Å². The van der Waals surface area contributed by atoms with Crippen molar-refractivity contribution < 1.29 is 12.3 Å². The lowest BCUT2D eigenvalue weighted by molar-refractivity contribution is 0.472. The van der Waals surface area contributed by atoms with Crippen molar-refractivity contribution in [3.05, 3.63) is 0 Å².